The number of nitro benzene ring substituents is 1. The Balaban J connectivity index is 1.79. The summed E-state index contributed by atoms with van der Waals surface area (Å²) in [4.78, 5) is 39.1. The summed E-state index contributed by atoms with van der Waals surface area (Å²) in [6.45, 7) is 2.15. The highest BCUT2D eigenvalue weighted by molar-refractivity contribution is 5.90. The van der Waals surface area contributed by atoms with Crippen molar-refractivity contribution in [3.63, 3.8) is 0 Å². The second-order valence-electron chi connectivity index (χ2n) is 5.64. The number of fused-ring (bicyclic) bond motifs is 1. The van der Waals surface area contributed by atoms with Gasteiger partial charge in [0.1, 0.15) is 12.3 Å². The number of anilines is 1. The maximum atomic E-state index is 12.5. The molecule has 0 aliphatic carbocycles. The first-order valence-electron chi connectivity index (χ1n) is 8.14. The molecule has 0 aliphatic rings. The molecular formula is C18H16N4O5. The summed E-state index contributed by atoms with van der Waals surface area (Å²) in [5.74, 6) is 0.264. The van der Waals surface area contributed by atoms with E-state index in [0.29, 0.717) is 23.6 Å². The van der Waals surface area contributed by atoms with Crippen LogP contribution in [0.25, 0.3) is 10.9 Å². The Morgan fingerprint density at radius 1 is 1.26 bits per heavy atom. The zero-order valence-electron chi connectivity index (χ0n) is 14.4. The van der Waals surface area contributed by atoms with Crippen LogP contribution in [0, 0.1) is 10.1 Å². The van der Waals surface area contributed by atoms with Crippen molar-refractivity contribution in [1.29, 1.82) is 0 Å². The lowest BCUT2D eigenvalue weighted by Gasteiger charge is -2.09. The zero-order chi connectivity index (χ0) is 19.4. The van der Waals surface area contributed by atoms with Crippen molar-refractivity contribution in [1.82, 2.24) is 9.55 Å². The van der Waals surface area contributed by atoms with Crippen molar-refractivity contribution in [2.45, 2.75) is 13.5 Å². The molecule has 0 saturated heterocycles. The minimum atomic E-state index is -0.588. The van der Waals surface area contributed by atoms with Crippen molar-refractivity contribution in [3.05, 3.63) is 69.3 Å². The summed E-state index contributed by atoms with van der Waals surface area (Å²) in [7, 11) is 0. The molecule has 1 aromatic heterocycles. The molecular weight excluding hydrogens is 352 g/mol. The molecule has 9 nitrogen and oxygen atoms in total. The predicted molar refractivity (Wildman–Crippen MR) is 98.9 cm³/mol. The molecule has 0 aliphatic heterocycles. The molecule has 1 N–H and O–H groups in total. The van der Waals surface area contributed by atoms with E-state index >= 15 is 0 Å². The normalized spacial score (nSPS) is 10.6. The number of ether oxygens (including phenoxy) is 1. The van der Waals surface area contributed by atoms with E-state index in [4.69, 9.17) is 4.74 Å². The number of aromatic nitrogens is 2. The number of nitrogens with one attached hydrogen (secondary N) is 1. The molecule has 0 atom stereocenters. The third-order valence-electron chi connectivity index (χ3n) is 3.78. The van der Waals surface area contributed by atoms with Gasteiger partial charge >= 0.3 is 0 Å². The van der Waals surface area contributed by atoms with Gasteiger partial charge in [-0.15, -0.1) is 0 Å². The molecule has 1 amide bonds. The Kier molecular flexibility index (Phi) is 5.11. The predicted octanol–water partition coefficient (Wildman–Crippen LogP) is 2.34. The van der Waals surface area contributed by atoms with Crippen molar-refractivity contribution in [3.8, 4) is 5.75 Å². The lowest BCUT2D eigenvalue weighted by molar-refractivity contribution is -0.384. The van der Waals surface area contributed by atoms with E-state index in [2.05, 4.69) is 10.3 Å². The minimum absolute atomic E-state index is 0.0839. The van der Waals surface area contributed by atoms with Gasteiger partial charge in [0.15, 0.2) is 0 Å². The van der Waals surface area contributed by atoms with E-state index < -0.39 is 16.4 Å². The van der Waals surface area contributed by atoms with E-state index in [1.807, 2.05) is 6.92 Å². The van der Waals surface area contributed by atoms with Crippen molar-refractivity contribution in [2.24, 2.45) is 0 Å². The molecule has 3 rings (SSSR count). The fraction of sp³-hybridized carbons (Fsp3) is 0.167. The molecule has 3 aromatic rings. The summed E-state index contributed by atoms with van der Waals surface area (Å²) < 4.78 is 6.44. The summed E-state index contributed by atoms with van der Waals surface area (Å²) in [6, 6.07) is 10.7. The van der Waals surface area contributed by atoms with Crippen LogP contribution in [0.3, 0.4) is 0 Å². The van der Waals surface area contributed by atoms with Crippen LogP contribution in [-0.2, 0) is 11.3 Å². The fourth-order valence-corrected chi connectivity index (χ4v) is 2.53. The molecule has 9 heteroatoms. The van der Waals surface area contributed by atoms with Gasteiger partial charge in [0.05, 0.1) is 28.8 Å². The van der Waals surface area contributed by atoms with E-state index in [1.54, 1.807) is 24.3 Å². The third-order valence-corrected chi connectivity index (χ3v) is 3.78. The largest absolute Gasteiger partial charge is 0.494 e. The number of rotatable bonds is 6. The number of nitrogens with zero attached hydrogens (tertiary/aromatic N) is 3. The Bertz CT molecular complexity index is 1060. The summed E-state index contributed by atoms with van der Waals surface area (Å²) in [5.41, 5.74) is 0.151. The number of hydrogen-bond acceptors (Lipinski definition) is 6. The van der Waals surface area contributed by atoms with Gasteiger partial charge in [-0.2, -0.15) is 0 Å². The topological polar surface area (TPSA) is 116 Å². The zero-order valence-corrected chi connectivity index (χ0v) is 14.4. The standard InChI is InChI=1S/C18H16N4O5/c1-2-27-14-6-3-12(4-7-14)20-17(23)10-21-11-19-16-8-5-13(22(25)26)9-15(16)18(21)24/h3-9,11H,2,10H2,1H3,(H,20,23). The number of non-ortho nitro benzene ring substituents is 1. The van der Waals surface area contributed by atoms with Crippen LogP contribution in [0.15, 0.2) is 53.6 Å². The maximum absolute atomic E-state index is 12.5. The molecule has 2 aromatic carbocycles. The fourth-order valence-electron chi connectivity index (χ4n) is 2.53. The highest BCUT2D eigenvalue weighted by atomic mass is 16.6. The van der Waals surface area contributed by atoms with Gasteiger partial charge in [-0.1, -0.05) is 0 Å². The van der Waals surface area contributed by atoms with Gasteiger partial charge < -0.3 is 10.1 Å². The Morgan fingerprint density at radius 2 is 2.00 bits per heavy atom. The van der Waals surface area contributed by atoms with Gasteiger partial charge in [0.25, 0.3) is 11.2 Å². The highest BCUT2D eigenvalue weighted by Crippen LogP contribution is 2.17. The lowest BCUT2D eigenvalue weighted by Crippen LogP contribution is -2.27. The van der Waals surface area contributed by atoms with E-state index in [-0.39, 0.29) is 17.6 Å². The first-order chi connectivity index (χ1) is 13.0. The third kappa shape index (κ3) is 4.09. The molecule has 0 bridgehead atoms. The molecule has 0 spiro atoms. The summed E-state index contributed by atoms with van der Waals surface area (Å²) in [5, 5.41) is 13.6. The Morgan fingerprint density at radius 3 is 2.67 bits per heavy atom. The molecule has 0 unspecified atom stereocenters. The quantitative estimate of drug-likeness (QED) is 0.527. The smallest absolute Gasteiger partial charge is 0.270 e. The number of benzene rings is 2. The van der Waals surface area contributed by atoms with Crippen LogP contribution in [0.1, 0.15) is 6.92 Å². The van der Waals surface area contributed by atoms with Crippen molar-refractivity contribution >= 4 is 28.2 Å². The molecule has 1 heterocycles. The average molecular weight is 368 g/mol. The van der Waals surface area contributed by atoms with Gasteiger partial charge in [-0.3, -0.25) is 24.3 Å². The van der Waals surface area contributed by atoms with E-state index in [0.717, 1.165) is 10.6 Å². The number of amides is 1. The average Bonchev–Trinajstić information content (AvgIpc) is 2.65. The summed E-state index contributed by atoms with van der Waals surface area (Å²) >= 11 is 0. The molecule has 0 saturated carbocycles. The van der Waals surface area contributed by atoms with Gasteiger partial charge in [-0.25, -0.2) is 4.98 Å². The van der Waals surface area contributed by atoms with E-state index in [1.165, 1.54) is 18.5 Å². The van der Waals surface area contributed by atoms with Gasteiger partial charge in [0.2, 0.25) is 5.91 Å². The number of carbonyl (C=O) groups is 1. The Hall–Kier alpha value is -3.75. The number of nitro groups is 1. The minimum Gasteiger partial charge on any atom is -0.494 e. The van der Waals surface area contributed by atoms with Gasteiger partial charge in [0, 0.05) is 17.8 Å². The second kappa shape index (κ2) is 7.65. The van der Waals surface area contributed by atoms with Crippen LogP contribution < -0.4 is 15.6 Å². The van der Waals surface area contributed by atoms with E-state index in [9.17, 15) is 19.7 Å². The number of carbonyl (C=O) groups excluding carboxylic acids is 1. The SMILES string of the molecule is CCOc1ccc(NC(=O)Cn2cnc3ccc([N+](=O)[O-])cc3c2=O)cc1. The Labute approximate surface area is 153 Å². The second-order valence-corrected chi connectivity index (χ2v) is 5.64. The van der Waals surface area contributed by atoms with Crippen LogP contribution in [0.4, 0.5) is 11.4 Å². The molecule has 138 valence electrons. The monoisotopic (exact) mass is 368 g/mol. The summed E-state index contributed by atoms with van der Waals surface area (Å²) in [6.07, 6.45) is 1.24. The molecule has 27 heavy (non-hydrogen) atoms. The lowest BCUT2D eigenvalue weighted by atomic mass is 10.2. The molecule has 0 radical (unpaired) electrons. The van der Waals surface area contributed by atoms with Crippen LogP contribution >= 0.6 is 0 Å². The first-order valence-corrected chi connectivity index (χ1v) is 8.14. The molecule has 0 fully saturated rings. The van der Waals surface area contributed by atoms with Crippen LogP contribution in [0.2, 0.25) is 0 Å². The van der Waals surface area contributed by atoms with Crippen LogP contribution in [0.5, 0.6) is 5.75 Å². The van der Waals surface area contributed by atoms with Gasteiger partial charge in [-0.05, 0) is 37.3 Å². The first kappa shape index (κ1) is 18.1. The highest BCUT2D eigenvalue weighted by Gasteiger charge is 2.12. The number of hydrogen-bond donors (Lipinski definition) is 1. The van der Waals surface area contributed by atoms with Crippen molar-refractivity contribution in [2.75, 3.05) is 11.9 Å². The van der Waals surface area contributed by atoms with Crippen molar-refractivity contribution < 1.29 is 14.5 Å². The van der Waals surface area contributed by atoms with Crippen LogP contribution in [-0.4, -0.2) is 27.0 Å². The maximum Gasteiger partial charge on any atom is 0.270 e.